The van der Waals surface area contributed by atoms with Crippen LogP contribution in [0.2, 0.25) is 0 Å². The fraction of sp³-hybridized carbons (Fsp3) is 0.412. The van der Waals surface area contributed by atoms with Gasteiger partial charge >= 0.3 is 28.5 Å². The zero-order valence-electron chi connectivity index (χ0n) is 17.9. The van der Waals surface area contributed by atoms with E-state index >= 15 is 0 Å². The summed E-state index contributed by atoms with van der Waals surface area (Å²) in [5, 5.41) is 8.75. The second-order valence-electron chi connectivity index (χ2n) is 7.01. The maximum absolute atomic E-state index is 13.5. The summed E-state index contributed by atoms with van der Waals surface area (Å²) in [6.07, 6.45) is -11.7. The lowest BCUT2D eigenvalue weighted by Gasteiger charge is -2.41. The molecule has 1 heterocycles. The number of fused-ring (bicyclic) bond motifs is 1. The highest BCUT2D eigenvalue weighted by atomic mass is 32.5. The number of alkyl halides is 3. The number of halogens is 8. The third-order valence-electron chi connectivity index (χ3n) is 4.12. The third kappa shape index (κ3) is 7.49. The van der Waals surface area contributed by atoms with Gasteiger partial charge in [0.15, 0.2) is 0 Å². The number of benzene rings is 1. The Morgan fingerprint density at radius 1 is 1.14 bits per heavy atom. The van der Waals surface area contributed by atoms with E-state index in [9.17, 15) is 52.3 Å². The van der Waals surface area contributed by atoms with Crippen molar-refractivity contribution in [3.05, 3.63) is 38.9 Å². The molecule has 1 aromatic rings. The van der Waals surface area contributed by atoms with E-state index in [0.29, 0.717) is 0 Å². The Labute approximate surface area is 195 Å². The molecule has 0 fully saturated rings. The van der Waals surface area contributed by atoms with Crippen LogP contribution in [0.1, 0.15) is 18.1 Å². The van der Waals surface area contributed by atoms with E-state index in [0.717, 1.165) is 13.8 Å². The van der Waals surface area contributed by atoms with E-state index in [2.05, 4.69) is 23.8 Å². The summed E-state index contributed by atoms with van der Waals surface area (Å²) >= 11 is 0. The van der Waals surface area contributed by atoms with Gasteiger partial charge in [-0.05, 0) is 30.7 Å². The van der Waals surface area contributed by atoms with Gasteiger partial charge in [0.2, 0.25) is 12.4 Å². The van der Waals surface area contributed by atoms with Crippen LogP contribution in [0.5, 0.6) is 5.75 Å². The van der Waals surface area contributed by atoms with Crippen LogP contribution in [-0.2, 0) is 23.8 Å². The van der Waals surface area contributed by atoms with E-state index in [-0.39, 0.29) is 18.2 Å². The molecule has 36 heavy (non-hydrogen) atoms. The third-order valence-corrected chi connectivity index (χ3v) is 5.25. The van der Waals surface area contributed by atoms with Crippen LogP contribution in [0.4, 0.5) is 37.4 Å². The standard InChI is InChI=1S/C17H15F8NO9S/c1-8-5-11(36(21,22,23,24)25)6-10-7-12(14(17(18,19)20)35-13(8)10)15(27)33-9(2)34-16(28)31-3-4-32-26(29)30/h5-7,9,14H,3-4H2,1-2H3. The van der Waals surface area contributed by atoms with Gasteiger partial charge in [-0.25, -0.2) is 9.59 Å². The molecule has 19 heteroatoms. The van der Waals surface area contributed by atoms with Crippen LogP contribution in [0.3, 0.4) is 0 Å². The van der Waals surface area contributed by atoms with Gasteiger partial charge in [0.1, 0.15) is 23.9 Å². The van der Waals surface area contributed by atoms with Crippen LogP contribution in [0.25, 0.3) is 6.08 Å². The number of ether oxygens (including phenoxy) is 4. The topological polar surface area (TPSA) is 123 Å². The summed E-state index contributed by atoms with van der Waals surface area (Å²) in [4.78, 5) is 35.1. The van der Waals surface area contributed by atoms with E-state index in [4.69, 9.17) is 0 Å². The maximum Gasteiger partial charge on any atom is 0.511 e. The fourth-order valence-corrected chi connectivity index (χ4v) is 3.49. The Morgan fingerprint density at radius 3 is 2.28 bits per heavy atom. The predicted octanol–water partition coefficient (Wildman–Crippen LogP) is 5.61. The summed E-state index contributed by atoms with van der Waals surface area (Å²) in [7, 11) is -10.3. The second kappa shape index (κ2) is 8.86. The van der Waals surface area contributed by atoms with E-state index in [1.807, 2.05) is 0 Å². The van der Waals surface area contributed by atoms with Crippen LogP contribution in [0.15, 0.2) is 22.6 Å². The lowest BCUT2D eigenvalue weighted by Crippen LogP contribution is -2.41. The summed E-state index contributed by atoms with van der Waals surface area (Å²) in [5.74, 6) is -2.71. The summed E-state index contributed by atoms with van der Waals surface area (Å²) < 4.78 is 125. The molecule has 0 radical (unpaired) electrons. The molecule has 10 nitrogen and oxygen atoms in total. The summed E-state index contributed by atoms with van der Waals surface area (Å²) in [6.45, 7) is 0.242. The molecule has 1 aromatic carbocycles. The average molecular weight is 561 g/mol. The number of aryl methyl sites for hydroxylation is 1. The molecular formula is C17H15F8NO9S. The minimum Gasteiger partial charge on any atom is -0.475 e. The molecule has 2 unspecified atom stereocenters. The van der Waals surface area contributed by atoms with E-state index in [1.54, 1.807) is 0 Å². The van der Waals surface area contributed by atoms with Gasteiger partial charge in [0, 0.05) is 12.5 Å². The molecule has 0 aliphatic carbocycles. The molecule has 0 amide bonds. The highest BCUT2D eigenvalue weighted by molar-refractivity contribution is 8.45. The first-order chi connectivity index (χ1) is 16.1. The molecule has 0 aromatic heterocycles. The molecule has 0 bridgehead atoms. The first-order valence-electron chi connectivity index (χ1n) is 9.24. The van der Waals surface area contributed by atoms with Gasteiger partial charge in [0.25, 0.3) is 5.09 Å². The van der Waals surface area contributed by atoms with Crippen LogP contribution in [-0.4, -0.2) is 49.0 Å². The normalized spacial score (nSPS) is 18.3. The van der Waals surface area contributed by atoms with Crippen LogP contribution >= 0.6 is 10.2 Å². The van der Waals surface area contributed by atoms with Crippen molar-refractivity contribution in [3.8, 4) is 5.75 Å². The van der Waals surface area contributed by atoms with Crippen molar-refractivity contribution >= 4 is 28.4 Å². The van der Waals surface area contributed by atoms with Crippen LogP contribution < -0.4 is 4.74 Å². The van der Waals surface area contributed by atoms with Crippen molar-refractivity contribution in [2.45, 2.75) is 37.3 Å². The van der Waals surface area contributed by atoms with E-state index in [1.165, 1.54) is 0 Å². The minimum absolute atomic E-state index is 0.0802. The number of rotatable bonds is 8. The first-order valence-corrected chi connectivity index (χ1v) is 11.2. The van der Waals surface area contributed by atoms with Crippen molar-refractivity contribution in [2.75, 3.05) is 13.2 Å². The fourth-order valence-electron chi connectivity index (χ4n) is 2.74. The maximum atomic E-state index is 13.5. The summed E-state index contributed by atoms with van der Waals surface area (Å²) in [6, 6.07) is -0.253. The van der Waals surface area contributed by atoms with Gasteiger partial charge in [-0.3, -0.25) is 0 Å². The predicted molar refractivity (Wildman–Crippen MR) is 102 cm³/mol. The SMILES string of the molecule is Cc1cc(S(F)(F)(F)(F)F)cc2c1OC(C(F)(F)F)C(C(=O)OC(C)OC(=O)OCCO[N+](=O)[O-])=C2. The Morgan fingerprint density at radius 2 is 1.75 bits per heavy atom. The Kier molecular flexibility index (Phi) is 7.07. The molecule has 0 N–H and O–H groups in total. The smallest absolute Gasteiger partial charge is 0.475 e. The zero-order valence-corrected chi connectivity index (χ0v) is 18.7. The number of nitrogens with zero attached hydrogens (tertiary/aromatic N) is 1. The molecule has 0 saturated heterocycles. The monoisotopic (exact) mass is 561 g/mol. The molecule has 0 saturated carbocycles. The first kappa shape index (κ1) is 28.7. The molecule has 2 rings (SSSR count). The highest BCUT2D eigenvalue weighted by Crippen LogP contribution is 3.02. The Bertz CT molecular complexity index is 1110. The van der Waals surface area contributed by atoms with Crippen LogP contribution in [0, 0.1) is 17.0 Å². The lowest BCUT2D eigenvalue weighted by molar-refractivity contribution is -0.757. The van der Waals surface area contributed by atoms with Crippen molar-refractivity contribution in [2.24, 2.45) is 0 Å². The molecular weight excluding hydrogens is 546 g/mol. The quantitative estimate of drug-likeness (QED) is 0.0995. The van der Waals surface area contributed by atoms with Gasteiger partial charge in [0.05, 0.1) is 5.57 Å². The average Bonchev–Trinajstić information content (AvgIpc) is 2.67. The number of esters is 1. The molecule has 0 spiro atoms. The molecule has 204 valence electrons. The van der Waals surface area contributed by atoms with Crippen molar-refractivity contribution < 1.29 is 71.1 Å². The number of hydrogen-bond donors (Lipinski definition) is 0. The van der Waals surface area contributed by atoms with Gasteiger partial charge < -0.3 is 23.8 Å². The van der Waals surface area contributed by atoms with Crippen molar-refractivity contribution in [1.29, 1.82) is 0 Å². The number of carbonyl (C=O) groups is 2. The van der Waals surface area contributed by atoms with Gasteiger partial charge in [-0.15, -0.1) is 10.1 Å². The molecule has 1 aliphatic heterocycles. The Balaban J connectivity index is 2.29. The highest BCUT2D eigenvalue weighted by Gasteiger charge is 2.65. The van der Waals surface area contributed by atoms with Gasteiger partial charge in [-0.1, -0.05) is 19.4 Å². The van der Waals surface area contributed by atoms with Crippen molar-refractivity contribution in [1.82, 2.24) is 0 Å². The molecule has 1 aliphatic rings. The summed E-state index contributed by atoms with van der Waals surface area (Å²) in [5.41, 5.74) is -3.06. The lowest BCUT2D eigenvalue weighted by atomic mass is 9.99. The second-order valence-corrected chi connectivity index (χ2v) is 9.42. The number of carbonyl (C=O) groups excluding carboxylic acids is 2. The minimum atomic E-state index is -10.3. The van der Waals surface area contributed by atoms with Crippen molar-refractivity contribution in [3.63, 3.8) is 0 Å². The largest absolute Gasteiger partial charge is 0.511 e. The molecule has 2 atom stereocenters. The Hall–Kier alpha value is -3.51. The van der Waals surface area contributed by atoms with Gasteiger partial charge in [-0.2, -0.15) is 13.2 Å². The van der Waals surface area contributed by atoms with E-state index < -0.39 is 86.6 Å². The zero-order chi connectivity index (χ0) is 27.8. The number of hydrogen-bond acceptors (Lipinski definition) is 9.